The SMILES string of the molecule is CCCC(C)(C)n1c(CCCl)nc2cc(Br)ccc21. The molecule has 2 aromatic rings. The van der Waals surface area contributed by atoms with Crippen LogP contribution in [0.4, 0.5) is 0 Å². The monoisotopic (exact) mass is 342 g/mol. The van der Waals surface area contributed by atoms with Crippen LogP contribution in [0, 0.1) is 0 Å². The van der Waals surface area contributed by atoms with Crippen molar-refractivity contribution in [3.63, 3.8) is 0 Å². The number of hydrogen-bond acceptors (Lipinski definition) is 1. The molecular formula is C15H20BrClN2. The maximum absolute atomic E-state index is 5.93. The van der Waals surface area contributed by atoms with E-state index in [0.717, 1.165) is 35.1 Å². The van der Waals surface area contributed by atoms with Gasteiger partial charge in [0.15, 0.2) is 0 Å². The molecule has 0 bridgehead atoms. The minimum Gasteiger partial charge on any atom is -0.322 e. The van der Waals surface area contributed by atoms with Crippen molar-refractivity contribution in [2.45, 2.75) is 45.6 Å². The molecule has 19 heavy (non-hydrogen) atoms. The first-order valence-corrected chi connectivity index (χ1v) is 8.05. The molecule has 104 valence electrons. The van der Waals surface area contributed by atoms with Gasteiger partial charge in [-0.1, -0.05) is 29.3 Å². The van der Waals surface area contributed by atoms with E-state index in [-0.39, 0.29) is 5.54 Å². The Hall–Kier alpha value is -0.540. The average Bonchev–Trinajstić information content (AvgIpc) is 2.67. The van der Waals surface area contributed by atoms with E-state index in [9.17, 15) is 0 Å². The lowest BCUT2D eigenvalue weighted by molar-refractivity contribution is 0.324. The van der Waals surface area contributed by atoms with Gasteiger partial charge in [0.25, 0.3) is 0 Å². The van der Waals surface area contributed by atoms with E-state index >= 15 is 0 Å². The summed E-state index contributed by atoms with van der Waals surface area (Å²) in [5.41, 5.74) is 2.30. The molecule has 0 radical (unpaired) electrons. The number of hydrogen-bond donors (Lipinski definition) is 0. The fourth-order valence-corrected chi connectivity index (χ4v) is 3.27. The Kier molecular flexibility index (Phi) is 4.57. The number of imidazole rings is 1. The van der Waals surface area contributed by atoms with Gasteiger partial charge in [-0.2, -0.15) is 0 Å². The second kappa shape index (κ2) is 5.84. The summed E-state index contributed by atoms with van der Waals surface area (Å²) in [6.45, 7) is 6.77. The highest BCUT2D eigenvalue weighted by atomic mass is 79.9. The molecule has 2 rings (SSSR count). The van der Waals surface area contributed by atoms with Gasteiger partial charge in [-0.25, -0.2) is 4.98 Å². The normalized spacial score (nSPS) is 12.3. The minimum absolute atomic E-state index is 0.0682. The summed E-state index contributed by atoms with van der Waals surface area (Å²) in [5, 5.41) is 0. The van der Waals surface area contributed by atoms with Crippen molar-refractivity contribution in [1.29, 1.82) is 0 Å². The van der Waals surface area contributed by atoms with Gasteiger partial charge in [0.1, 0.15) is 5.82 Å². The van der Waals surface area contributed by atoms with E-state index in [1.165, 1.54) is 5.52 Å². The fourth-order valence-electron chi connectivity index (χ4n) is 2.75. The number of aromatic nitrogens is 2. The number of halogens is 2. The summed E-state index contributed by atoms with van der Waals surface area (Å²) < 4.78 is 3.43. The van der Waals surface area contributed by atoms with Gasteiger partial charge in [0.2, 0.25) is 0 Å². The molecule has 2 nitrogen and oxygen atoms in total. The maximum atomic E-state index is 5.93. The van der Waals surface area contributed by atoms with Gasteiger partial charge in [-0.3, -0.25) is 0 Å². The van der Waals surface area contributed by atoms with Gasteiger partial charge < -0.3 is 4.57 Å². The van der Waals surface area contributed by atoms with Gasteiger partial charge in [0, 0.05) is 22.3 Å². The number of benzene rings is 1. The van der Waals surface area contributed by atoms with Crippen LogP contribution in [-0.4, -0.2) is 15.4 Å². The number of nitrogens with zero attached hydrogens (tertiary/aromatic N) is 2. The van der Waals surface area contributed by atoms with Crippen molar-refractivity contribution in [3.05, 3.63) is 28.5 Å². The topological polar surface area (TPSA) is 17.8 Å². The molecule has 0 aliphatic heterocycles. The Bertz CT molecular complexity index is 575. The van der Waals surface area contributed by atoms with Gasteiger partial charge in [-0.15, -0.1) is 11.6 Å². The zero-order valence-electron chi connectivity index (χ0n) is 11.7. The van der Waals surface area contributed by atoms with E-state index in [4.69, 9.17) is 16.6 Å². The number of alkyl halides is 1. The first-order chi connectivity index (χ1) is 8.99. The van der Waals surface area contributed by atoms with Crippen LogP contribution >= 0.6 is 27.5 Å². The van der Waals surface area contributed by atoms with Gasteiger partial charge in [0.05, 0.1) is 11.0 Å². The van der Waals surface area contributed by atoms with Crippen molar-refractivity contribution < 1.29 is 0 Å². The van der Waals surface area contributed by atoms with Crippen molar-refractivity contribution in [2.75, 3.05) is 5.88 Å². The Balaban J connectivity index is 2.64. The lowest BCUT2D eigenvalue weighted by Crippen LogP contribution is -2.28. The molecule has 0 fully saturated rings. The second-order valence-electron chi connectivity index (χ2n) is 5.50. The van der Waals surface area contributed by atoms with Crippen molar-refractivity contribution >= 4 is 38.6 Å². The van der Waals surface area contributed by atoms with E-state index in [1.54, 1.807) is 0 Å². The zero-order chi connectivity index (χ0) is 14.0. The van der Waals surface area contributed by atoms with Crippen molar-refractivity contribution in [3.8, 4) is 0 Å². The molecule has 4 heteroatoms. The number of rotatable bonds is 5. The lowest BCUT2D eigenvalue weighted by Gasteiger charge is -2.29. The Morgan fingerprint density at radius 1 is 1.37 bits per heavy atom. The first-order valence-electron chi connectivity index (χ1n) is 6.73. The molecule has 0 amide bonds. The van der Waals surface area contributed by atoms with Crippen LogP contribution < -0.4 is 0 Å². The van der Waals surface area contributed by atoms with Crippen molar-refractivity contribution in [1.82, 2.24) is 9.55 Å². The molecule has 1 heterocycles. The predicted octanol–water partition coefficient (Wildman–Crippen LogP) is 5.12. The summed E-state index contributed by atoms with van der Waals surface area (Å²) in [7, 11) is 0. The van der Waals surface area contributed by atoms with Gasteiger partial charge >= 0.3 is 0 Å². The average molecular weight is 344 g/mol. The van der Waals surface area contributed by atoms with E-state index in [1.807, 2.05) is 0 Å². The third kappa shape index (κ3) is 2.97. The van der Waals surface area contributed by atoms with Crippen LogP contribution in [0.5, 0.6) is 0 Å². The molecule has 0 aliphatic carbocycles. The van der Waals surface area contributed by atoms with E-state index in [2.05, 4.69) is 59.5 Å². The molecule has 0 saturated heterocycles. The summed E-state index contributed by atoms with van der Waals surface area (Å²) in [6, 6.07) is 6.29. The second-order valence-corrected chi connectivity index (χ2v) is 6.79. The Morgan fingerprint density at radius 2 is 2.11 bits per heavy atom. The van der Waals surface area contributed by atoms with Gasteiger partial charge in [-0.05, 0) is 38.5 Å². The van der Waals surface area contributed by atoms with E-state index < -0.39 is 0 Å². The standard InChI is InChI=1S/C15H20BrClN2/c1-4-8-15(2,3)19-13-6-5-11(16)10-12(13)18-14(19)7-9-17/h5-6,10H,4,7-9H2,1-3H3. The highest BCUT2D eigenvalue weighted by molar-refractivity contribution is 9.10. The van der Waals surface area contributed by atoms with Crippen LogP contribution in [-0.2, 0) is 12.0 Å². The Morgan fingerprint density at radius 3 is 2.74 bits per heavy atom. The highest BCUT2D eigenvalue weighted by Gasteiger charge is 2.24. The molecule has 0 unspecified atom stereocenters. The van der Waals surface area contributed by atoms with Crippen LogP contribution in [0.1, 0.15) is 39.4 Å². The summed E-state index contributed by atoms with van der Waals surface area (Å²) >= 11 is 9.44. The molecule has 0 N–H and O–H groups in total. The summed E-state index contributed by atoms with van der Waals surface area (Å²) in [4.78, 5) is 4.76. The van der Waals surface area contributed by atoms with Crippen molar-refractivity contribution in [2.24, 2.45) is 0 Å². The summed E-state index contributed by atoms with van der Waals surface area (Å²) in [6.07, 6.45) is 3.09. The molecule has 0 atom stereocenters. The fraction of sp³-hybridized carbons (Fsp3) is 0.533. The molecule has 0 aliphatic rings. The lowest BCUT2D eigenvalue weighted by atomic mass is 9.98. The molecule has 0 spiro atoms. The van der Waals surface area contributed by atoms with Crippen LogP contribution in [0.15, 0.2) is 22.7 Å². The van der Waals surface area contributed by atoms with E-state index in [0.29, 0.717) is 5.88 Å². The summed E-state index contributed by atoms with van der Waals surface area (Å²) in [5.74, 6) is 1.69. The van der Waals surface area contributed by atoms with Crippen LogP contribution in [0.2, 0.25) is 0 Å². The van der Waals surface area contributed by atoms with Crippen LogP contribution in [0.3, 0.4) is 0 Å². The number of fused-ring (bicyclic) bond motifs is 1. The highest BCUT2D eigenvalue weighted by Crippen LogP contribution is 2.30. The third-order valence-electron chi connectivity index (χ3n) is 3.47. The first kappa shape index (κ1) is 14.9. The smallest absolute Gasteiger partial charge is 0.111 e. The number of aryl methyl sites for hydroxylation is 1. The maximum Gasteiger partial charge on any atom is 0.111 e. The molecular weight excluding hydrogens is 324 g/mol. The quantitative estimate of drug-likeness (QED) is 0.689. The molecule has 0 saturated carbocycles. The third-order valence-corrected chi connectivity index (χ3v) is 4.15. The largest absolute Gasteiger partial charge is 0.322 e. The Labute approximate surface area is 128 Å². The molecule has 1 aromatic heterocycles. The molecule has 1 aromatic carbocycles. The van der Waals surface area contributed by atoms with Crippen LogP contribution in [0.25, 0.3) is 11.0 Å². The zero-order valence-corrected chi connectivity index (χ0v) is 14.1. The predicted molar refractivity (Wildman–Crippen MR) is 86.1 cm³/mol. The minimum atomic E-state index is 0.0682.